The quantitative estimate of drug-likeness (QED) is 0.270. The van der Waals surface area contributed by atoms with Crippen molar-refractivity contribution in [3.63, 3.8) is 0 Å². The summed E-state index contributed by atoms with van der Waals surface area (Å²) in [6, 6.07) is 23.3. The molecule has 0 aliphatic carbocycles. The number of hydrogen-bond donors (Lipinski definition) is 2. The minimum absolute atomic E-state index is 0.163. The predicted octanol–water partition coefficient (Wildman–Crippen LogP) is 6.24. The molecule has 5 aromatic rings. The molecular formula is C31H21FN4O3. The van der Waals surface area contributed by atoms with Crippen molar-refractivity contribution in [3.05, 3.63) is 119 Å². The van der Waals surface area contributed by atoms with Gasteiger partial charge in [0.1, 0.15) is 5.82 Å². The second kappa shape index (κ2) is 9.50. The van der Waals surface area contributed by atoms with E-state index in [0.717, 1.165) is 16.8 Å². The number of hydrogen-bond acceptors (Lipinski definition) is 4. The van der Waals surface area contributed by atoms with Gasteiger partial charge in [-0.2, -0.15) is 0 Å². The average Bonchev–Trinajstić information content (AvgIpc) is 3.58. The zero-order valence-electron chi connectivity index (χ0n) is 20.7. The molecule has 1 aliphatic heterocycles. The molecule has 0 fully saturated rings. The van der Waals surface area contributed by atoms with Crippen LogP contribution in [0.15, 0.2) is 91.3 Å². The first-order valence-corrected chi connectivity index (χ1v) is 12.2. The van der Waals surface area contributed by atoms with Gasteiger partial charge in [-0.15, -0.1) is 5.10 Å². The Morgan fingerprint density at radius 3 is 2.28 bits per heavy atom. The number of fused-ring (bicyclic) bond motifs is 1. The zero-order chi connectivity index (χ0) is 27.1. The van der Waals surface area contributed by atoms with Gasteiger partial charge in [-0.25, -0.2) is 13.9 Å². The van der Waals surface area contributed by atoms with Crippen molar-refractivity contribution in [2.45, 2.75) is 6.92 Å². The fourth-order valence-electron chi connectivity index (χ4n) is 4.70. The Hall–Kier alpha value is -5.37. The van der Waals surface area contributed by atoms with Crippen molar-refractivity contribution >= 4 is 29.2 Å². The molecule has 0 saturated heterocycles. The van der Waals surface area contributed by atoms with E-state index in [-0.39, 0.29) is 11.5 Å². The van der Waals surface area contributed by atoms with Crippen LogP contribution in [0.25, 0.3) is 39.6 Å². The molecule has 0 bridgehead atoms. The number of rotatable bonds is 5. The number of carboxylic acids is 1. The van der Waals surface area contributed by atoms with E-state index in [4.69, 9.17) is 0 Å². The Bertz CT molecular complexity index is 1770. The predicted molar refractivity (Wildman–Crippen MR) is 147 cm³/mol. The number of anilines is 1. The van der Waals surface area contributed by atoms with Crippen LogP contribution in [0.1, 0.15) is 27.0 Å². The molecule has 1 amide bonds. The maximum absolute atomic E-state index is 15.2. The summed E-state index contributed by atoms with van der Waals surface area (Å²) in [5.41, 5.74) is 6.52. The number of nitrogens with one attached hydrogen (secondary N) is 1. The van der Waals surface area contributed by atoms with Crippen molar-refractivity contribution in [2.24, 2.45) is 0 Å². The van der Waals surface area contributed by atoms with Gasteiger partial charge in [-0.1, -0.05) is 53.7 Å². The van der Waals surface area contributed by atoms with Crippen LogP contribution in [0.4, 0.5) is 10.1 Å². The lowest BCUT2D eigenvalue weighted by atomic mass is 9.95. The lowest BCUT2D eigenvalue weighted by Gasteiger charge is -2.09. The minimum atomic E-state index is -1.04. The Morgan fingerprint density at radius 2 is 1.62 bits per heavy atom. The van der Waals surface area contributed by atoms with Crippen LogP contribution in [0.5, 0.6) is 0 Å². The topological polar surface area (TPSA) is 97.1 Å². The number of amides is 1. The molecule has 2 heterocycles. The third-order valence-corrected chi connectivity index (χ3v) is 6.78. The third kappa shape index (κ3) is 4.48. The van der Waals surface area contributed by atoms with Gasteiger partial charge in [-0.05, 0) is 71.1 Å². The minimum Gasteiger partial charge on any atom is -0.478 e. The van der Waals surface area contributed by atoms with Crippen LogP contribution >= 0.6 is 0 Å². The fraction of sp³-hybridized carbons (Fsp3) is 0.0323. The van der Waals surface area contributed by atoms with Crippen LogP contribution in [0, 0.1) is 12.7 Å². The highest BCUT2D eigenvalue weighted by Crippen LogP contribution is 2.38. The smallest absolute Gasteiger partial charge is 0.335 e. The lowest BCUT2D eigenvalue weighted by molar-refractivity contribution is -0.110. The second-order valence-electron chi connectivity index (χ2n) is 9.24. The van der Waals surface area contributed by atoms with Crippen molar-refractivity contribution in [1.29, 1.82) is 0 Å². The Balaban J connectivity index is 1.32. The van der Waals surface area contributed by atoms with Gasteiger partial charge in [0.2, 0.25) is 0 Å². The van der Waals surface area contributed by atoms with Crippen LogP contribution in [-0.4, -0.2) is 32.0 Å². The van der Waals surface area contributed by atoms with Crippen molar-refractivity contribution in [2.75, 3.05) is 5.32 Å². The maximum Gasteiger partial charge on any atom is 0.335 e. The number of carbonyl (C=O) groups excluding carboxylic acids is 1. The molecule has 0 unspecified atom stereocenters. The van der Waals surface area contributed by atoms with Crippen molar-refractivity contribution < 1.29 is 19.1 Å². The second-order valence-corrected chi connectivity index (χ2v) is 9.24. The van der Waals surface area contributed by atoms with E-state index in [1.165, 1.54) is 12.1 Å². The Kier molecular flexibility index (Phi) is 5.84. The molecule has 1 aliphatic rings. The summed E-state index contributed by atoms with van der Waals surface area (Å²) >= 11 is 0. The van der Waals surface area contributed by atoms with E-state index >= 15 is 4.39 Å². The van der Waals surface area contributed by atoms with Gasteiger partial charge >= 0.3 is 5.97 Å². The summed E-state index contributed by atoms with van der Waals surface area (Å²) in [7, 11) is 0. The number of aromatic carboxylic acids is 1. The zero-order valence-corrected chi connectivity index (χ0v) is 20.7. The molecule has 0 atom stereocenters. The molecular weight excluding hydrogens is 495 g/mol. The molecule has 8 heteroatoms. The molecule has 0 saturated carbocycles. The fourth-order valence-corrected chi connectivity index (χ4v) is 4.70. The van der Waals surface area contributed by atoms with Gasteiger partial charge < -0.3 is 10.4 Å². The molecule has 6 rings (SSSR count). The summed E-state index contributed by atoms with van der Waals surface area (Å²) in [4.78, 5) is 24.3. The number of carbonyl (C=O) groups is 2. The van der Waals surface area contributed by atoms with Crippen LogP contribution in [-0.2, 0) is 4.79 Å². The standard InChI is InChI=1S/C31H21FN4O3/c1-18-2-3-19(14-24(18)31(38)39)15-27-26-16-25(28(32)17-29(26)34-30(27)37)22-6-4-20(5-7-22)21-8-10-23(11-9-21)36-13-12-33-35-36/h2-17H,1H3,(H,34,37)(H,38,39)/b27-15-. The summed E-state index contributed by atoms with van der Waals surface area (Å²) in [5, 5.41) is 20.0. The van der Waals surface area contributed by atoms with E-state index in [1.54, 1.807) is 48.3 Å². The molecule has 39 heavy (non-hydrogen) atoms. The van der Waals surface area contributed by atoms with Gasteiger partial charge in [0.05, 0.1) is 29.3 Å². The highest BCUT2D eigenvalue weighted by atomic mass is 19.1. The largest absolute Gasteiger partial charge is 0.478 e. The lowest BCUT2D eigenvalue weighted by Crippen LogP contribution is -2.04. The molecule has 190 valence electrons. The third-order valence-electron chi connectivity index (χ3n) is 6.78. The normalized spacial score (nSPS) is 13.4. The van der Waals surface area contributed by atoms with Gasteiger partial charge in [0, 0.05) is 16.7 Å². The van der Waals surface area contributed by atoms with Crippen LogP contribution in [0.2, 0.25) is 0 Å². The molecule has 0 radical (unpaired) electrons. The van der Waals surface area contributed by atoms with E-state index in [2.05, 4.69) is 15.6 Å². The SMILES string of the molecule is Cc1ccc(/C=C2\C(=O)Nc3cc(F)c(-c4ccc(-c5ccc(-n6ccnn6)cc5)cc4)cc32)cc1C(=O)O. The van der Waals surface area contributed by atoms with Crippen LogP contribution < -0.4 is 5.32 Å². The van der Waals surface area contributed by atoms with E-state index in [1.807, 2.05) is 48.5 Å². The van der Waals surface area contributed by atoms with Crippen LogP contribution in [0.3, 0.4) is 0 Å². The molecule has 2 N–H and O–H groups in total. The maximum atomic E-state index is 15.2. The number of nitrogens with zero attached hydrogens (tertiary/aromatic N) is 3. The van der Waals surface area contributed by atoms with E-state index in [0.29, 0.717) is 39.1 Å². The van der Waals surface area contributed by atoms with E-state index in [9.17, 15) is 14.7 Å². The first kappa shape index (κ1) is 24.0. The first-order valence-electron chi connectivity index (χ1n) is 12.2. The molecule has 0 spiro atoms. The number of halogens is 1. The first-order chi connectivity index (χ1) is 18.9. The van der Waals surface area contributed by atoms with Crippen molar-refractivity contribution in [1.82, 2.24) is 15.0 Å². The summed E-state index contributed by atoms with van der Waals surface area (Å²) in [6.07, 6.45) is 5.01. The summed E-state index contributed by atoms with van der Waals surface area (Å²) in [5.74, 6) is -1.87. The van der Waals surface area contributed by atoms with Gasteiger partial charge in [-0.3, -0.25) is 4.79 Å². The summed E-state index contributed by atoms with van der Waals surface area (Å²) < 4.78 is 16.8. The molecule has 1 aromatic heterocycles. The number of carboxylic acid groups (broad SMARTS) is 1. The highest BCUT2D eigenvalue weighted by Gasteiger charge is 2.26. The average molecular weight is 517 g/mol. The number of benzene rings is 4. The number of aromatic nitrogens is 3. The van der Waals surface area contributed by atoms with Gasteiger partial charge in [0.25, 0.3) is 5.91 Å². The Morgan fingerprint density at radius 1 is 0.923 bits per heavy atom. The highest BCUT2D eigenvalue weighted by molar-refractivity contribution is 6.35. The summed E-state index contributed by atoms with van der Waals surface area (Å²) in [6.45, 7) is 1.71. The van der Waals surface area contributed by atoms with E-state index < -0.39 is 11.8 Å². The van der Waals surface area contributed by atoms with Crippen molar-refractivity contribution in [3.8, 4) is 27.9 Å². The number of aryl methyl sites for hydroxylation is 1. The molecule has 4 aromatic carbocycles. The Labute approximate surface area is 222 Å². The monoisotopic (exact) mass is 516 g/mol. The van der Waals surface area contributed by atoms with Gasteiger partial charge in [0.15, 0.2) is 0 Å². The molecule has 7 nitrogen and oxygen atoms in total.